The van der Waals surface area contributed by atoms with Gasteiger partial charge in [0.2, 0.25) is 11.8 Å². The highest BCUT2D eigenvalue weighted by Gasteiger charge is 2.13. The van der Waals surface area contributed by atoms with Gasteiger partial charge < -0.3 is 15.5 Å². The first-order chi connectivity index (χ1) is 12.1. The van der Waals surface area contributed by atoms with Gasteiger partial charge in [0.1, 0.15) is 6.42 Å². The maximum atomic E-state index is 12.0. The van der Waals surface area contributed by atoms with E-state index in [9.17, 15) is 9.59 Å². The molecule has 0 bridgehead atoms. The predicted octanol–water partition coefficient (Wildman–Crippen LogP) is 3.91. The third-order valence-corrected chi connectivity index (χ3v) is 4.29. The number of halogens is 1. The molecular formula is C19H20ClN3O2. The number of nitrogens with one attached hydrogen (secondary N) is 2. The van der Waals surface area contributed by atoms with Crippen molar-refractivity contribution in [2.45, 2.75) is 19.3 Å². The quantitative estimate of drug-likeness (QED) is 0.797. The van der Waals surface area contributed by atoms with Gasteiger partial charge in [-0.2, -0.15) is 0 Å². The summed E-state index contributed by atoms with van der Waals surface area (Å²) < 4.78 is 0. The third kappa shape index (κ3) is 4.97. The maximum absolute atomic E-state index is 12.0. The fourth-order valence-corrected chi connectivity index (χ4v) is 3.04. The van der Waals surface area contributed by atoms with Crippen molar-refractivity contribution < 1.29 is 9.59 Å². The van der Waals surface area contributed by atoms with Crippen LogP contribution in [0, 0.1) is 0 Å². The average Bonchev–Trinajstić information content (AvgIpc) is 3.09. The van der Waals surface area contributed by atoms with Crippen LogP contribution in [0.4, 0.5) is 17.1 Å². The van der Waals surface area contributed by atoms with Crippen LogP contribution in [0.3, 0.4) is 0 Å². The Morgan fingerprint density at radius 2 is 1.56 bits per heavy atom. The van der Waals surface area contributed by atoms with E-state index in [4.69, 9.17) is 11.6 Å². The van der Waals surface area contributed by atoms with E-state index in [-0.39, 0.29) is 18.2 Å². The lowest BCUT2D eigenvalue weighted by Gasteiger charge is -2.17. The lowest BCUT2D eigenvalue weighted by Crippen LogP contribution is -2.21. The molecule has 1 saturated heterocycles. The van der Waals surface area contributed by atoms with Gasteiger partial charge in [-0.3, -0.25) is 9.59 Å². The molecule has 6 heteroatoms. The molecule has 0 unspecified atom stereocenters. The number of hydrogen-bond donors (Lipinski definition) is 2. The maximum Gasteiger partial charge on any atom is 0.233 e. The van der Waals surface area contributed by atoms with Crippen molar-refractivity contribution in [1.82, 2.24) is 0 Å². The van der Waals surface area contributed by atoms with Crippen molar-refractivity contribution in [3.05, 3.63) is 53.6 Å². The minimum Gasteiger partial charge on any atom is -0.372 e. The average molecular weight is 358 g/mol. The Hall–Kier alpha value is -2.53. The topological polar surface area (TPSA) is 61.4 Å². The van der Waals surface area contributed by atoms with Crippen LogP contribution >= 0.6 is 11.6 Å². The second-order valence-corrected chi connectivity index (χ2v) is 6.46. The van der Waals surface area contributed by atoms with E-state index in [1.54, 1.807) is 24.3 Å². The van der Waals surface area contributed by atoms with Gasteiger partial charge in [-0.05, 0) is 55.3 Å². The molecule has 2 aromatic carbocycles. The van der Waals surface area contributed by atoms with E-state index >= 15 is 0 Å². The first-order valence-electron chi connectivity index (χ1n) is 8.30. The Balaban J connectivity index is 1.50. The predicted molar refractivity (Wildman–Crippen MR) is 101 cm³/mol. The molecule has 1 aliphatic heterocycles. The van der Waals surface area contributed by atoms with E-state index < -0.39 is 0 Å². The summed E-state index contributed by atoms with van der Waals surface area (Å²) in [4.78, 5) is 26.3. The number of carbonyl (C=O) groups excluding carboxylic acids is 2. The Morgan fingerprint density at radius 3 is 2.20 bits per heavy atom. The second kappa shape index (κ2) is 8.03. The molecular weight excluding hydrogens is 338 g/mol. The van der Waals surface area contributed by atoms with Gasteiger partial charge >= 0.3 is 0 Å². The molecule has 130 valence electrons. The number of benzene rings is 2. The molecule has 3 rings (SSSR count). The summed E-state index contributed by atoms with van der Waals surface area (Å²) in [6.07, 6.45) is 2.20. The minimum absolute atomic E-state index is 0.250. The van der Waals surface area contributed by atoms with Crippen molar-refractivity contribution in [3.8, 4) is 0 Å². The first-order valence-corrected chi connectivity index (χ1v) is 8.68. The van der Waals surface area contributed by atoms with E-state index in [1.165, 1.54) is 12.8 Å². The van der Waals surface area contributed by atoms with Gasteiger partial charge in [-0.15, -0.1) is 0 Å². The Morgan fingerprint density at radius 1 is 0.920 bits per heavy atom. The van der Waals surface area contributed by atoms with Crippen LogP contribution in [0.25, 0.3) is 0 Å². The summed E-state index contributed by atoms with van der Waals surface area (Å²) in [5, 5.41) is 5.93. The van der Waals surface area contributed by atoms with Gasteiger partial charge in [0, 0.05) is 35.2 Å². The molecule has 2 amide bonds. The number of amides is 2. The molecule has 25 heavy (non-hydrogen) atoms. The normalized spacial score (nSPS) is 13.6. The molecule has 0 saturated carbocycles. The fourth-order valence-electron chi connectivity index (χ4n) is 2.85. The Kier molecular flexibility index (Phi) is 5.56. The summed E-state index contributed by atoms with van der Waals surface area (Å²) in [7, 11) is 0. The summed E-state index contributed by atoms with van der Waals surface area (Å²) in [5.74, 6) is -0.734. The van der Waals surface area contributed by atoms with Crippen molar-refractivity contribution in [1.29, 1.82) is 0 Å². The molecule has 0 aliphatic carbocycles. The van der Waals surface area contributed by atoms with Crippen LogP contribution in [0.2, 0.25) is 5.02 Å². The molecule has 2 aromatic rings. The van der Waals surface area contributed by atoms with Crippen LogP contribution in [-0.2, 0) is 9.59 Å². The molecule has 0 spiro atoms. The zero-order valence-electron chi connectivity index (χ0n) is 13.8. The largest absolute Gasteiger partial charge is 0.372 e. The fraction of sp³-hybridized carbons (Fsp3) is 0.263. The SMILES string of the molecule is O=C(CC(=O)Nc1cccc(Cl)c1)Nc1ccc(N2CCCC2)cc1. The van der Waals surface area contributed by atoms with Crippen LogP contribution in [-0.4, -0.2) is 24.9 Å². The summed E-state index contributed by atoms with van der Waals surface area (Å²) in [6.45, 7) is 2.16. The Bertz CT molecular complexity index is 756. The number of carbonyl (C=O) groups is 2. The number of hydrogen-bond acceptors (Lipinski definition) is 3. The first kappa shape index (κ1) is 17.3. The summed E-state index contributed by atoms with van der Waals surface area (Å²) in [6, 6.07) is 14.5. The van der Waals surface area contributed by atoms with Crippen LogP contribution in [0.15, 0.2) is 48.5 Å². The highest BCUT2D eigenvalue weighted by Crippen LogP contribution is 2.22. The zero-order valence-corrected chi connectivity index (χ0v) is 14.6. The second-order valence-electron chi connectivity index (χ2n) is 6.02. The van der Waals surface area contributed by atoms with Gasteiger partial charge in [0.15, 0.2) is 0 Å². The lowest BCUT2D eigenvalue weighted by molar-refractivity contribution is -0.123. The number of nitrogens with zero attached hydrogens (tertiary/aromatic N) is 1. The smallest absolute Gasteiger partial charge is 0.233 e. The van der Waals surface area contributed by atoms with Crippen molar-refractivity contribution in [2.24, 2.45) is 0 Å². The molecule has 1 fully saturated rings. The number of anilines is 3. The molecule has 1 heterocycles. The van der Waals surface area contributed by atoms with Crippen molar-refractivity contribution in [3.63, 3.8) is 0 Å². The van der Waals surface area contributed by atoms with Crippen molar-refractivity contribution >= 4 is 40.5 Å². The molecule has 2 N–H and O–H groups in total. The van der Waals surface area contributed by atoms with Crippen LogP contribution in [0.1, 0.15) is 19.3 Å². The van der Waals surface area contributed by atoms with Gasteiger partial charge in [-0.1, -0.05) is 17.7 Å². The molecule has 0 aromatic heterocycles. The highest BCUT2D eigenvalue weighted by molar-refractivity contribution is 6.30. The highest BCUT2D eigenvalue weighted by atomic mass is 35.5. The Labute approximate surface area is 152 Å². The number of rotatable bonds is 5. The third-order valence-electron chi connectivity index (χ3n) is 4.05. The van der Waals surface area contributed by atoms with Gasteiger partial charge in [0.25, 0.3) is 0 Å². The molecule has 0 radical (unpaired) electrons. The van der Waals surface area contributed by atoms with E-state index in [0.29, 0.717) is 16.4 Å². The van der Waals surface area contributed by atoms with E-state index in [0.717, 1.165) is 18.8 Å². The van der Waals surface area contributed by atoms with Gasteiger partial charge in [0.05, 0.1) is 0 Å². The van der Waals surface area contributed by atoms with Gasteiger partial charge in [-0.25, -0.2) is 0 Å². The molecule has 0 atom stereocenters. The monoisotopic (exact) mass is 357 g/mol. The molecule has 1 aliphatic rings. The molecule has 5 nitrogen and oxygen atoms in total. The van der Waals surface area contributed by atoms with E-state index in [2.05, 4.69) is 15.5 Å². The minimum atomic E-state index is -0.381. The summed E-state index contributed by atoms with van der Waals surface area (Å²) >= 11 is 5.87. The lowest BCUT2D eigenvalue weighted by atomic mass is 10.2. The van der Waals surface area contributed by atoms with Crippen molar-refractivity contribution in [2.75, 3.05) is 28.6 Å². The van der Waals surface area contributed by atoms with Crippen LogP contribution in [0.5, 0.6) is 0 Å². The standard InChI is InChI=1S/C19H20ClN3O2/c20-14-4-3-5-16(12-14)22-19(25)13-18(24)21-15-6-8-17(9-7-15)23-10-1-2-11-23/h3-9,12H,1-2,10-11,13H2,(H,21,24)(H,22,25). The van der Waals surface area contributed by atoms with Crippen LogP contribution < -0.4 is 15.5 Å². The van der Waals surface area contributed by atoms with E-state index in [1.807, 2.05) is 24.3 Å². The zero-order chi connectivity index (χ0) is 17.6. The summed E-state index contributed by atoms with van der Waals surface area (Å²) in [5.41, 5.74) is 2.41.